The molecule has 0 spiro atoms. The number of hydrogen-bond acceptors (Lipinski definition) is 4. The first kappa shape index (κ1) is 16.2. The van der Waals surface area contributed by atoms with E-state index in [1.54, 1.807) is 0 Å². The minimum absolute atomic E-state index is 0.454. The Labute approximate surface area is 157 Å². The second kappa shape index (κ2) is 5.74. The van der Waals surface area contributed by atoms with Crippen molar-refractivity contribution in [1.29, 1.82) is 0 Å². The molecule has 0 unspecified atom stereocenters. The van der Waals surface area contributed by atoms with Crippen LogP contribution in [0.2, 0.25) is 0 Å². The van der Waals surface area contributed by atoms with Gasteiger partial charge in [-0.05, 0) is 62.9 Å². The first-order valence-corrected chi connectivity index (χ1v) is 9.32. The van der Waals surface area contributed by atoms with Gasteiger partial charge in [0.05, 0.1) is 11.0 Å². The molecule has 0 N–H and O–H groups in total. The zero-order chi connectivity index (χ0) is 18.7. The molecule has 1 saturated carbocycles. The predicted molar refractivity (Wildman–Crippen MR) is 104 cm³/mol. The summed E-state index contributed by atoms with van der Waals surface area (Å²) in [6.07, 6.45) is 1.12. The van der Waals surface area contributed by atoms with Gasteiger partial charge in [0.25, 0.3) is 0 Å². The molecule has 27 heavy (non-hydrogen) atoms. The summed E-state index contributed by atoms with van der Waals surface area (Å²) in [6.45, 7) is 5.91. The van der Waals surface area contributed by atoms with Gasteiger partial charge in [0.2, 0.25) is 0 Å². The number of nitrogens with zero attached hydrogens (tertiary/aromatic N) is 6. The fraction of sp³-hybridized carbons (Fsp3) is 0.333. The number of imidazole rings is 1. The van der Waals surface area contributed by atoms with Gasteiger partial charge in [0.1, 0.15) is 17.5 Å². The van der Waals surface area contributed by atoms with Crippen LogP contribution in [0.1, 0.15) is 47.0 Å². The highest BCUT2D eigenvalue weighted by Crippen LogP contribution is 2.54. The topological polar surface area (TPSA) is 61.4 Å². The van der Waals surface area contributed by atoms with Crippen LogP contribution in [0.4, 0.5) is 0 Å². The van der Waals surface area contributed by atoms with E-state index in [4.69, 9.17) is 4.98 Å². The summed E-state index contributed by atoms with van der Waals surface area (Å²) in [6, 6.07) is 12.7. The lowest BCUT2D eigenvalue weighted by Crippen LogP contribution is -2.05. The molecule has 1 fully saturated rings. The fourth-order valence-corrected chi connectivity index (χ4v) is 4.08. The molecule has 0 aliphatic heterocycles. The van der Waals surface area contributed by atoms with Gasteiger partial charge < -0.3 is 4.57 Å². The van der Waals surface area contributed by atoms with Gasteiger partial charge in [-0.1, -0.05) is 12.1 Å². The van der Waals surface area contributed by atoms with E-state index in [1.165, 1.54) is 16.9 Å². The van der Waals surface area contributed by atoms with Crippen LogP contribution in [0.3, 0.4) is 0 Å². The Morgan fingerprint density at radius 3 is 2.52 bits per heavy atom. The number of fused-ring (bicyclic) bond motifs is 1. The summed E-state index contributed by atoms with van der Waals surface area (Å²) in [5.41, 5.74) is 4.58. The highest BCUT2D eigenvalue weighted by Gasteiger charge is 2.43. The van der Waals surface area contributed by atoms with Crippen LogP contribution in [0.5, 0.6) is 0 Å². The number of hydrogen-bond donors (Lipinski definition) is 0. The molecule has 1 aliphatic carbocycles. The zero-order valence-corrected chi connectivity index (χ0v) is 16.0. The molecule has 0 amide bonds. The van der Waals surface area contributed by atoms with E-state index in [9.17, 15) is 0 Å². The van der Waals surface area contributed by atoms with Crippen LogP contribution in [-0.4, -0.2) is 29.3 Å². The van der Waals surface area contributed by atoms with Crippen LogP contribution < -0.4 is 0 Å². The van der Waals surface area contributed by atoms with E-state index in [2.05, 4.69) is 57.0 Å². The molecule has 3 aromatic heterocycles. The van der Waals surface area contributed by atoms with E-state index in [0.717, 1.165) is 35.1 Å². The van der Waals surface area contributed by atoms with Gasteiger partial charge in [-0.25, -0.2) is 15.0 Å². The molecule has 6 nitrogen and oxygen atoms in total. The van der Waals surface area contributed by atoms with E-state index in [0.29, 0.717) is 11.8 Å². The SMILES string of the molecule is Cc1cc([C@@H]2C[C@H]2c2nc3ccccc3n2C)cc(-n2nc(C)nc2C)n1. The van der Waals surface area contributed by atoms with Gasteiger partial charge >= 0.3 is 0 Å². The molecule has 136 valence electrons. The molecule has 0 saturated heterocycles. The van der Waals surface area contributed by atoms with Gasteiger partial charge in [0, 0.05) is 18.7 Å². The number of benzene rings is 1. The minimum Gasteiger partial charge on any atom is -0.331 e. The summed E-state index contributed by atoms with van der Waals surface area (Å²) >= 11 is 0. The van der Waals surface area contributed by atoms with Crippen molar-refractivity contribution in [1.82, 2.24) is 29.3 Å². The lowest BCUT2D eigenvalue weighted by Gasteiger charge is -2.08. The monoisotopic (exact) mass is 358 g/mol. The van der Waals surface area contributed by atoms with Gasteiger partial charge in [-0.2, -0.15) is 4.68 Å². The highest BCUT2D eigenvalue weighted by atomic mass is 15.4. The Balaban J connectivity index is 1.51. The van der Waals surface area contributed by atoms with Crippen molar-refractivity contribution in [3.63, 3.8) is 0 Å². The lowest BCUT2D eigenvalue weighted by molar-refractivity contribution is 0.787. The molecule has 0 radical (unpaired) electrons. The van der Waals surface area contributed by atoms with E-state index in [1.807, 2.05) is 31.5 Å². The van der Waals surface area contributed by atoms with Crippen LogP contribution in [0, 0.1) is 20.8 Å². The molecule has 2 atom stereocenters. The van der Waals surface area contributed by atoms with Crippen LogP contribution in [0.15, 0.2) is 36.4 Å². The largest absolute Gasteiger partial charge is 0.331 e. The average molecular weight is 358 g/mol. The molecular weight excluding hydrogens is 336 g/mol. The average Bonchev–Trinajstić information content (AvgIpc) is 3.27. The Bertz CT molecular complexity index is 1170. The van der Waals surface area contributed by atoms with Crippen molar-refractivity contribution >= 4 is 11.0 Å². The maximum Gasteiger partial charge on any atom is 0.156 e. The second-order valence-electron chi connectivity index (χ2n) is 7.48. The summed E-state index contributed by atoms with van der Waals surface area (Å²) in [5, 5.41) is 4.49. The minimum atomic E-state index is 0.454. The maximum atomic E-state index is 4.89. The lowest BCUT2D eigenvalue weighted by atomic mass is 10.1. The van der Waals surface area contributed by atoms with E-state index < -0.39 is 0 Å². The number of rotatable bonds is 3. The molecule has 3 heterocycles. The van der Waals surface area contributed by atoms with Gasteiger partial charge in [0.15, 0.2) is 5.82 Å². The smallest absolute Gasteiger partial charge is 0.156 e. The molecule has 4 aromatic rings. The van der Waals surface area contributed by atoms with Crippen molar-refractivity contribution in [2.75, 3.05) is 0 Å². The van der Waals surface area contributed by atoms with Crippen molar-refractivity contribution in [2.45, 2.75) is 39.0 Å². The quantitative estimate of drug-likeness (QED) is 0.560. The normalized spacial score (nSPS) is 19.0. The van der Waals surface area contributed by atoms with Gasteiger partial charge in [-0.3, -0.25) is 0 Å². The maximum absolute atomic E-state index is 4.89. The number of aryl methyl sites for hydroxylation is 4. The Kier molecular flexibility index (Phi) is 3.44. The van der Waals surface area contributed by atoms with Gasteiger partial charge in [-0.15, -0.1) is 5.10 Å². The third-order valence-corrected chi connectivity index (χ3v) is 5.43. The molecule has 5 rings (SSSR count). The predicted octanol–water partition coefficient (Wildman–Crippen LogP) is 3.75. The number of aromatic nitrogens is 6. The summed E-state index contributed by atoms with van der Waals surface area (Å²) in [7, 11) is 2.12. The van der Waals surface area contributed by atoms with Crippen molar-refractivity contribution < 1.29 is 0 Å². The zero-order valence-electron chi connectivity index (χ0n) is 16.0. The summed E-state index contributed by atoms with van der Waals surface area (Å²) in [4.78, 5) is 14.0. The molecule has 1 aromatic carbocycles. The Hall–Kier alpha value is -3.02. The Morgan fingerprint density at radius 1 is 0.963 bits per heavy atom. The molecule has 1 aliphatic rings. The first-order valence-electron chi connectivity index (χ1n) is 9.32. The molecular formula is C21H22N6. The number of pyridine rings is 1. The van der Waals surface area contributed by atoms with Crippen molar-refractivity contribution in [3.05, 3.63) is 65.1 Å². The molecule has 0 bridgehead atoms. The fourth-order valence-electron chi connectivity index (χ4n) is 4.08. The van der Waals surface area contributed by atoms with E-state index in [-0.39, 0.29) is 0 Å². The highest BCUT2D eigenvalue weighted by molar-refractivity contribution is 5.76. The third kappa shape index (κ3) is 2.63. The standard InChI is InChI=1S/C21H22N6/c1-12-9-15(10-20(22-12)27-14(3)23-13(2)25-27)16-11-17(16)21-24-18-7-5-6-8-19(18)26(21)4/h5-10,16-17H,11H2,1-4H3/t16-,17+/m0/s1. The van der Waals surface area contributed by atoms with E-state index >= 15 is 0 Å². The second-order valence-corrected chi connectivity index (χ2v) is 7.48. The van der Waals surface area contributed by atoms with Crippen LogP contribution >= 0.6 is 0 Å². The molecule has 6 heteroatoms. The summed E-state index contributed by atoms with van der Waals surface area (Å²) in [5.74, 6) is 4.57. The van der Waals surface area contributed by atoms with Crippen molar-refractivity contribution in [2.24, 2.45) is 7.05 Å². The Morgan fingerprint density at radius 2 is 1.78 bits per heavy atom. The van der Waals surface area contributed by atoms with Crippen molar-refractivity contribution in [3.8, 4) is 5.82 Å². The van der Waals surface area contributed by atoms with Crippen LogP contribution in [-0.2, 0) is 7.05 Å². The third-order valence-electron chi connectivity index (χ3n) is 5.43. The summed E-state index contributed by atoms with van der Waals surface area (Å²) < 4.78 is 4.07. The van der Waals surface area contributed by atoms with Crippen LogP contribution in [0.25, 0.3) is 16.9 Å². The number of para-hydroxylation sites is 2. The first-order chi connectivity index (χ1) is 13.0.